The Labute approximate surface area is 178 Å². The highest BCUT2D eigenvalue weighted by molar-refractivity contribution is 7.92. The van der Waals surface area contributed by atoms with E-state index in [1.54, 1.807) is 16.9 Å². The summed E-state index contributed by atoms with van der Waals surface area (Å²) in [5.41, 5.74) is 1.36. The van der Waals surface area contributed by atoms with E-state index < -0.39 is 21.7 Å². The molecule has 2 N–H and O–H groups in total. The highest BCUT2D eigenvalue weighted by Gasteiger charge is 2.16. The Kier molecular flexibility index (Phi) is 5.50. The van der Waals surface area contributed by atoms with Crippen molar-refractivity contribution in [3.8, 4) is 5.69 Å². The number of anilines is 2. The monoisotopic (exact) mass is 436 g/mol. The van der Waals surface area contributed by atoms with Gasteiger partial charge < -0.3 is 5.32 Å². The summed E-state index contributed by atoms with van der Waals surface area (Å²) in [6, 6.07) is 21.5. The number of hydrogen-bond donors (Lipinski definition) is 2. The third-order valence-corrected chi connectivity index (χ3v) is 5.77. The fraction of sp³-hybridized carbons (Fsp3) is 0. The molecule has 9 heteroatoms. The maximum atomic E-state index is 13.0. The van der Waals surface area contributed by atoms with E-state index in [4.69, 9.17) is 0 Å². The number of benzene rings is 3. The lowest BCUT2D eigenvalue weighted by Gasteiger charge is -2.09. The summed E-state index contributed by atoms with van der Waals surface area (Å²) in [5.74, 6) is -0.524. The smallest absolute Gasteiger partial charge is 0.261 e. The van der Waals surface area contributed by atoms with Crippen LogP contribution in [0.1, 0.15) is 10.4 Å². The first kappa shape index (κ1) is 20.3. The molecule has 0 saturated heterocycles. The van der Waals surface area contributed by atoms with Crippen molar-refractivity contribution in [1.82, 2.24) is 9.78 Å². The van der Waals surface area contributed by atoms with E-state index in [0.717, 1.165) is 17.8 Å². The zero-order chi connectivity index (χ0) is 21.8. The molecule has 0 fully saturated rings. The van der Waals surface area contributed by atoms with Crippen LogP contribution in [0.15, 0.2) is 96.0 Å². The Hall–Kier alpha value is -3.98. The molecule has 0 atom stereocenters. The molecule has 7 nitrogen and oxygen atoms in total. The van der Waals surface area contributed by atoms with Crippen LogP contribution < -0.4 is 10.0 Å². The number of halogens is 1. The molecule has 31 heavy (non-hydrogen) atoms. The van der Waals surface area contributed by atoms with Gasteiger partial charge in [0.25, 0.3) is 15.9 Å². The largest absolute Gasteiger partial charge is 0.305 e. The number of carbonyl (C=O) groups excluding carboxylic acids is 1. The van der Waals surface area contributed by atoms with Gasteiger partial charge in [-0.25, -0.2) is 17.5 Å². The van der Waals surface area contributed by atoms with Gasteiger partial charge in [-0.3, -0.25) is 9.52 Å². The zero-order valence-electron chi connectivity index (χ0n) is 16.1. The molecule has 0 aliphatic rings. The molecule has 0 unspecified atom stereocenters. The lowest BCUT2D eigenvalue weighted by molar-refractivity contribution is 0.102. The maximum absolute atomic E-state index is 13.0. The first-order chi connectivity index (χ1) is 14.9. The number of hydrogen-bond acceptors (Lipinski definition) is 4. The third-order valence-electron chi connectivity index (χ3n) is 4.37. The van der Waals surface area contributed by atoms with E-state index in [0.29, 0.717) is 5.82 Å². The second kappa shape index (κ2) is 8.41. The Morgan fingerprint density at radius 3 is 2.23 bits per heavy atom. The summed E-state index contributed by atoms with van der Waals surface area (Å²) in [6.45, 7) is 0. The standard InChI is InChI=1S/C22H17FN4O3S/c23-17-8-10-18(11-9-17)26-31(29,30)20-12-6-16(7-13-20)22(28)24-21-14-15-27(25-21)19-4-2-1-3-5-19/h1-15,26H,(H,24,25,28). The topological polar surface area (TPSA) is 93.1 Å². The van der Waals surface area contributed by atoms with Crippen LogP contribution in [0.2, 0.25) is 0 Å². The molecule has 1 heterocycles. The quantitative estimate of drug-likeness (QED) is 0.477. The highest BCUT2D eigenvalue weighted by Crippen LogP contribution is 2.18. The van der Waals surface area contributed by atoms with Gasteiger partial charge in [0.1, 0.15) is 5.82 Å². The van der Waals surface area contributed by atoms with Crippen LogP contribution in [-0.4, -0.2) is 24.1 Å². The molecule has 0 saturated carbocycles. The van der Waals surface area contributed by atoms with Crippen LogP contribution in [-0.2, 0) is 10.0 Å². The van der Waals surface area contributed by atoms with Crippen LogP contribution in [0.3, 0.4) is 0 Å². The van der Waals surface area contributed by atoms with Crippen molar-refractivity contribution in [3.63, 3.8) is 0 Å². The Balaban J connectivity index is 1.44. The summed E-state index contributed by atoms with van der Waals surface area (Å²) >= 11 is 0. The summed E-state index contributed by atoms with van der Waals surface area (Å²) in [6.07, 6.45) is 1.72. The number of nitrogens with one attached hydrogen (secondary N) is 2. The summed E-state index contributed by atoms with van der Waals surface area (Å²) in [4.78, 5) is 12.5. The molecule has 0 spiro atoms. The number of carbonyl (C=O) groups is 1. The van der Waals surface area contributed by atoms with Gasteiger partial charge in [-0.1, -0.05) is 18.2 Å². The molecule has 4 rings (SSSR count). The summed E-state index contributed by atoms with van der Waals surface area (Å²) in [5, 5.41) is 6.99. The van der Waals surface area contributed by atoms with E-state index in [9.17, 15) is 17.6 Å². The van der Waals surface area contributed by atoms with E-state index in [-0.39, 0.29) is 16.1 Å². The normalized spacial score (nSPS) is 11.1. The molecule has 0 aliphatic heterocycles. The minimum Gasteiger partial charge on any atom is -0.305 e. The van der Waals surface area contributed by atoms with Crippen molar-refractivity contribution >= 4 is 27.4 Å². The second-order valence-electron chi connectivity index (χ2n) is 6.57. The van der Waals surface area contributed by atoms with Gasteiger partial charge in [-0.2, -0.15) is 5.10 Å². The SMILES string of the molecule is O=C(Nc1ccn(-c2ccccc2)n1)c1ccc(S(=O)(=O)Nc2ccc(F)cc2)cc1. The molecule has 0 radical (unpaired) electrons. The average Bonchev–Trinajstić information content (AvgIpc) is 3.24. The van der Waals surface area contributed by atoms with Crippen molar-refractivity contribution in [2.75, 3.05) is 10.0 Å². The van der Waals surface area contributed by atoms with E-state index in [2.05, 4.69) is 15.1 Å². The Morgan fingerprint density at radius 2 is 1.55 bits per heavy atom. The van der Waals surface area contributed by atoms with Crippen molar-refractivity contribution in [2.24, 2.45) is 0 Å². The van der Waals surface area contributed by atoms with Gasteiger partial charge in [-0.05, 0) is 60.7 Å². The van der Waals surface area contributed by atoms with E-state index >= 15 is 0 Å². The molecule has 156 valence electrons. The molecular formula is C22H17FN4O3S. The van der Waals surface area contributed by atoms with Gasteiger partial charge in [0.2, 0.25) is 0 Å². The summed E-state index contributed by atoms with van der Waals surface area (Å²) < 4.78 is 41.9. The summed E-state index contributed by atoms with van der Waals surface area (Å²) in [7, 11) is -3.87. The van der Waals surface area contributed by atoms with Crippen LogP contribution >= 0.6 is 0 Å². The minimum atomic E-state index is -3.87. The first-order valence-electron chi connectivity index (χ1n) is 9.22. The predicted molar refractivity (Wildman–Crippen MR) is 115 cm³/mol. The van der Waals surface area contributed by atoms with Crippen LogP contribution in [0, 0.1) is 5.82 Å². The number of rotatable bonds is 6. The van der Waals surface area contributed by atoms with E-state index in [1.807, 2.05) is 30.3 Å². The van der Waals surface area contributed by atoms with Gasteiger partial charge in [0.15, 0.2) is 5.82 Å². The fourth-order valence-electron chi connectivity index (χ4n) is 2.82. The Bertz CT molecular complexity index is 1300. The van der Waals surface area contributed by atoms with Gasteiger partial charge >= 0.3 is 0 Å². The Morgan fingerprint density at radius 1 is 0.871 bits per heavy atom. The van der Waals surface area contributed by atoms with E-state index in [1.165, 1.54) is 36.4 Å². The van der Waals surface area contributed by atoms with Crippen LogP contribution in [0.25, 0.3) is 5.69 Å². The molecule has 4 aromatic rings. The molecule has 3 aromatic carbocycles. The fourth-order valence-corrected chi connectivity index (χ4v) is 3.88. The highest BCUT2D eigenvalue weighted by atomic mass is 32.2. The predicted octanol–water partition coefficient (Wildman–Crippen LogP) is 4.06. The molecule has 1 aromatic heterocycles. The number of sulfonamides is 1. The third kappa shape index (κ3) is 4.78. The number of nitrogens with zero attached hydrogens (tertiary/aromatic N) is 2. The zero-order valence-corrected chi connectivity index (χ0v) is 16.9. The molecule has 1 amide bonds. The average molecular weight is 436 g/mol. The van der Waals surface area contributed by atoms with Crippen molar-refractivity contribution in [1.29, 1.82) is 0 Å². The minimum absolute atomic E-state index is 0.0262. The van der Waals surface area contributed by atoms with Crippen molar-refractivity contribution in [2.45, 2.75) is 4.90 Å². The first-order valence-corrected chi connectivity index (χ1v) is 10.7. The lowest BCUT2D eigenvalue weighted by Crippen LogP contribution is -2.15. The van der Waals surface area contributed by atoms with Crippen molar-refractivity contribution < 1.29 is 17.6 Å². The number of amides is 1. The maximum Gasteiger partial charge on any atom is 0.261 e. The van der Waals surface area contributed by atoms with Gasteiger partial charge in [0, 0.05) is 23.5 Å². The number of aromatic nitrogens is 2. The molecular weight excluding hydrogens is 419 g/mol. The molecule has 0 aliphatic carbocycles. The molecule has 0 bridgehead atoms. The lowest BCUT2D eigenvalue weighted by atomic mass is 10.2. The number of para-hydroxylation sites is 1. The van der Waals surface area contributed by atoms with Gasteiger partial charge in [-0.15, -0.1) is 0 Å². The van der Waals surface area contributed by atoms with Crippen LogP contribution in [0.4, 0.5) is 15.9 Å². The van der Waals surface area contributed by atoms with Crippen LogP contribution in [0.5, 0.6) is 0 Å². The second-order valence-corrected chi connectivity index (χ2v) is 8.25. The van der Waals surface area contributed by atoms with Crippen molar-refractivity contribution in [3.05, 3.63) is 103 Å². The van der Waals surface area contributed by atoms with Gasteiger partial charge in [0.05, 0.1) is 10.6 Å².